The van der Waals surface area contributed by atoms with E-state index in [4.69, 9.17) is 15.2 Å². The van der Waals surface area contributed by atoms with Crippen LogP contribution in [0.25, 0.3) is 0 Å². The highest BCUT2D eigenvalue weighted by atomic mass is 16.5. The number of carbonyl (C=O) groups excluding carboxylic acids is 1. The molecule has 0 aromatic heterocycles. The lowest BCUT2D eigenvalue weighted by Crippen LogP contribution is -2.51. The molecular weight excluding hydrogens is 208 g/mol. The summed E-state index contributed by atoms with van der Waals surface area (Å²) in [5, 5.41) is 0. The lowest BCUT2D eigenvalue weighted by atomic mass is 10.0. The van der Waals surface area contributed by atoms with Crippen molar-refractivity contribution in [2.24, 2.45) is 11.7 Å². The number of morpholine rings is 1. The van der Waals surface area contributed by atoms with Gasteiger partial charge in [-0.15, -0.1) is 0 Å². The van der Waals surface area contributed by atoms with E-state index in [1.807, 2.05) is 4.90 Å². The van der Waals surface area contributed by atoms with Crippen LogP contribution in [-0.2, 0) is 14.3 Å². The van der Waals surface area contributed by atoms with Gasteiger partial charge in [0.2, 0.25) is 0 Å². The van der Waals surface area contributed by atoms with Crippen molar-refractivity contribution in [1.82, 2.24) is 4.90 Å². The van der Waals surface area contributed by atoms with Gasteiger partial charge >= 0.3 is 0 Å². The predicted octanol–water partition coefficient (Wildman–Crippen LogP) is -0.402. The molecule has 0 saturated carbocycles. The Morgan fingerprint density at radius 3 is 2.88 bits per heavy atom. The van der Waals surface area contributed by atoms with Crippen LogP contribution in [0, 0.1) is 5.92 Å². The van der Waals surface area contributed by atoms with Gasteiger partial charge in [0, 0.05) is 26.2 Å². The Bertz CT molecular complexity index is 260. The summed E-state index contributed by atoms with van der Waals surface area (Å²) >= 11 is 0. The number of nitrogens with two attached hydrogens (primary N) is 1. The number of amides is 1. The van der Waals surface area contributed by atoms with Crippen molar-refractivity contribution < 1.29 is 14.3 Å². The fourth-order valence-corrected chi connectivity index (χ4v) is 2.25. The topological polar surface area (TPSA) is 64.8 Å². The van der Waals surface area contributed by atoms with Crippen molar-refractivity contribution >= 4 is 5.91 Å². The Balaban J connectivity index is 1.93. The Labute approximate surface area is 95.9 Å². The molecule has 2 heterocycles. The van der Waals surface area contributed by atoms with E-state index < -0.39 is 0 Å². The molecule has 0 bridgehead atoms. The highest BCUT2D eigenvalue weighted by molar-refractivity contribution is 5.81. The minimum Gasteiger partial charge on any atom is -0.373 e. The molecule has 2 saturated heterocycles. The third-order valence-electron chi connectivity index (χ3n) is 3.34. The summed E-state index contributed by atoms with van der Waals surface area (Å²) in [6, 6.07) is 0. The van der Waals surface area contributed by atoms with E-state index in [1.54, 1.807) is 0 Å². The van der Waals surface area contributed by atoms with Gasteiger partial charge in [-0.1, -0.05) is 6.92 Å². The number of carbonyl (C=O) groups is 1. The van der Waals surface area contributed by atoms with Gasteiger partial charge in [-0.25, -0.2) is 0 Å². The van der Waals surface area contributed by atoms with E-state index in [1.165, 1.54) is 0 Å². The molecule has 0 spiro atoms. The van der Waals surface area contributed by atoms with Crippen LogP contribution in [0.15, 0.2) is 0 Å². The first-order valence-electron chi connectivity index (χ1n) is 5.94. The molecule has 0 aromatic carbocycles. The summed E-state index contributed by atoms with van der Waals surface area (Å²) in [5.41, 5.74) is 5.55. The minimum absolute atomic E-state index is 0.0191. The Morgan fingerprint density at radius 2 is 2.25 bits per heavy atom. The fourth-order valence-electron chi connectivity index (χ4n) is 2.25. The van der Waals surface area contributed by atoms with Crippen molar-refractivity contribution in [2.75, 3.05) is 32.8 Å². The molecule has 92 valence electrons. The van der Waals surface area contributed by atoms with Crippen LogP contribution in [0.3, 0.4) is 0 Å². The molecule has 16 heavy (non-hydrogen) atoms. The third-order valence-corrected chi connectivity index (χ3v) is 3.34. The zero-order valence-corrected chi connectivity index (χ0v) is 9.72. The van der Waals surface area contributed by atoms with E-state index >= 15 is 0 Å². The Morgan fingerprint density at radius 1 is 1.44 bits per heavy atom. The number of hydrogen-bond donors (Lipinski definition) is 1. The minimum atomic E-state index is -0.253. The molecule has 0 aliphatic carbocycles. The van der Waals surface area contributed by atoms with Gasteiger partial charge in [-0.3, -0.25) is 4.79 Å². The summed E-state index contributed by atoms with van der Waals surface area (Å²) in [7, 11) is 0. The first kappa shape index (κ1) is 11.8. The van der Waals surface area contributed by atoms with Crippen molar-refractivity contribution in [2.45, 2.75) is 25.6 Å². The normalized spacial score (nSPS) is 35.4. The van der Waals surface area contributed by atoms with Crippen LogP contribution in [0.5, 0.6) is 0 Å². The number of ether oxygens (including phenoxy) is 2. The molecule has 2 N–H and O–H groups in total. The summed E-state index contributed by atoms with van der Waals surface area (Å²) in [6.45, 7) is 5.06. The molecule has 5 nitrogen and oxygen atoms in total. The predicted molar refractivity (Wildman–Crippen MR) is 58.9 cm³/mol. The zero-order valence-electron chi connectivity index (χ0n) is 9.72. The van der Waals surface area contributed by atoms with Gasteiger partial charge in [0.15, 0.2) is 0 Å². The zero-order chi connectivity index (χ0) is 11.5. The standard InChI is InChI=1S/C11H20N2O3/c1-8-2-4-16-10(8)11(14)13-3-5-15-9(6-12)7-13/h8-10H,2-7,12H2,1H3. The number of nitrogens with zero attached hydrogens (tertiary/aromatic N) is 1. The van der Waals surface area contributed by atoms with E-state index in [9.17, 15) is 4.79 Å². The molecule has 2 fully saturated rings. The number of rotatable bonds is 2. The molecule has 2 aliphatic rings. The lowest BCUT2D eigenvalue weighted by Gasteiger charge is -2.34. The van der Waals surface area contributed by atoms with Crippen LogP contribution in [0.1, 0.15) is 13.3 Å². The maximum Gasteiger partial charge on any atom is 0.252 e. The van der Waals surface area contributed by atoms with Crippen molar-refractivity contribution in [3.63, 3.8) is 0 Å². The van der Waals surface area contributed by atoms with Crippen LogP contribution >= 0.6 is 0 Å². The van der Waals surface area contributed by atoms with Gasteiger partial charge < -0.3 is 20.1 Å². The fraction of sp³-hybridized carbons (Fsp3) is 0.909. The van der Waals surface area contributed by atoms with Crippen molar-refractivity contribution in [3.05, 3.63) is 0 Å². The first-order valence-corrected chi connectivity index (χ1v) is 5.94. The van der Waals surface area contributed by atoms with Gasteiger partial charge in [-0.2, -0.15) is 0 Å². The second-order valence-electron chi connectivity index (χ2n) is 4.57. The summed E-state index contributed by atoms with van der Waals surface area (Å²) in [6.07, 6.45) is 0.701. The SMILES string of the molecule is CC1CCOC1C(=O)N1CCOC(CN)C1. The van der Waals surface area contributed by atoms with Crippen molar-refractivity contribution in [1.29, 1.82) is 0 Å². The van der Waals surface area contributed by atoms with E-state index in [-0.39, 0.29) is 18.1 Å². The van der Waals surface area contributed by atoms with Crippen LogP contribution in [-0.4, -0.2) is 55.9 Å². The summed E-state index contributed by atoms with van der Waals surface area (Å²) in [4.78, 5) is 14.0. The Kier molecular flexibility index (Phi) is 3.78. The quantitative estimate of drug-likeness (QED) is 0.698. The van der Waals surface area contributed by atoms with Crippen LogP contribution < -0.4 is 5.73 Å². The maximum atomic E-state index is 12.2. The van der Waals surface area contributed by atoms with Gasteiger partial charge in [0.1, 0.15) is 6.10 Å². The molecule has 5 heteroatoms. The second-order valence-corrected chi connectivity index (χ2v) is 4.57. The van der Waals surface area contributed by atoms with Gasteiger partial charge in [0.05, 0.1) is 12.7 Å². The molecule has 2 aliphatic heterocycles. The molecule has 0 aromatic rings. The molecule has 3 atom stereocenters. The van der Waals surface area contributed by atoms with Crippen LogP contribution in [0.2, 0.25) is 0 Å². The van der Waals surface area contributed by atoms with Crippen LogP contribution in [0.4, 0.5) is 0 Å². The maximum absolute atomic E-state index is 12.2. The van der Waals surface area contributed by atoms with Crippen molar-refractivity contribution in [3.8, 4) is 0 Å². The van der Waals surface area contributed by atoms with Gasteiger partial charge in [0.25, 0.3) is 5.91 Å². The lowest BCUT2D eigenvalue weighted by molar-refractivity contribution is -0.149. The molecule has 3 unspecified atom stereocenters. The highest BCUT2D eigenvalue weighted by Gasteiger charge is 2.35. The Hall–Kier alpha value is -0.650. The average Bonchev–Trinajstić information content (AvgIpc) is 2.74. The largest absolute Gasteiger partial charge is 0.373 e. The molecular formula is C11H20N2O3. The number of hydrogen-bond acceptors (Lipinski definition) is 4. The first-order chi connectivity index (χ1) is 7.72. The monoisotopic (exact) mass is 228 g/mol. The molecule has 0 radical (unpaired) electrons. The van der Waals surface area contributed by atoms with E-state index in [2.05, 4.69) is 6.92 Å². The highest BCUT2D eigenvalue weighted by Crippen LogP contribution is 2.22. The third kappa shape index (κ3) is 2.36. The van der Waals surface area contributed by atoms with E-state index in [0.29, 0.717) is 38.8 Å². The molecule has 2 rings (SSSR count). The average molecular weight is 228 g/mol. The molecule has 1 amide bonds. The van der Waals surface area contributed by atoms with E-state index in [0.717, 1.165) is 6.42 Å². The smallest absolute Gasteiger partial charge is 0.252 e. The summed E-state index contributed by atoms with van der Waals surface area (Å²) < 4.78 is 10.9. The second kappa shape index (κ2) is 5.12. The van der Waals surface area contributed by atoms with Gasteiger partial charge in [-0.05, 0) is 12.3 Å². The summed E-state index contributed by atoms with van der Waals surface area (Å²) in [5.74, 6) is 0.429.